The Kier molecular flexibility index (Phi) is 4.87. The molecule has 4 rings (SSSR count). The number of carboxylic acids is 1. The third kappa shape index (κ3) is 3.89. The van der Waals surface area contributed by atoms with E-state index in [2.05, 4.69) is 29.2 Å². The summed E-state index contributed by atoms with van der Waals surface area (Å²) in [6.07, 6.45) is 0. The molecule has 4 aromatic rings. The maximum Gasteiger partial charge on any atom is 0.371 e. The van der Waals surface area contributed by atoms with Gasteiger partial charge in [-0.15, -0.1) is 0 Å². The van der Waals surface area contributed by atoms with E-state index in [-0.39, 0.29) is 5.76 Å². The fourth-order valence-corrected chi connectivity index (χ4v) is 3.38. The van der Waals surface area contributed by atoms with Crippen molar-refractivity contribution >= 4 is 22.4 Å². The molecule has 0 aliphatic heterocycles. The van der Waals surface area contributed by atoms with Crippen LogP contribution in [0.25, 0.3) is 21.9 Å². The van der Waals surface area contributed by atoms with E-state index in [4.69, 9.17) is 9.52 Å². The summed E-state index contributed by atoms with van der Waals surface area (Å²) in [5, 5.41) is 10.0. The number of fused-ring (bicyclic) bond motifs is 1. The second-order valence-electron chi connectivity index (χ2n) is 6.90. The van der Waals surface area contributed by atoms with Crippen LogP contribution in [0, 0.1) is 0 Å². The van der Waals surface area contributed by atoms with Crippen LogP contribution in [0.4, 0.5) is 5.69 Å². The first kappa shape index (κ1) is 18.5. The molecule has 0 aliphatic rings. The number of carboxylic acid groups (broad SMARTS) is 1. The fourth-order valence-electron chi connectivity index (χ4n) is 3.38. The van der Waals surface area contributed by atoms with Gasteiger partial charge in [0.1, 0.15) is 0 Å². The van der Waals surface area contributed by atoms with Gasteiger partial charge in [0.15, 0.2) is 0 Å². The minimum absolute atomic E-state index is 0.360. The maximum atomic E-state index is 12.0. The molecule has 0 unspecified atom stereocenters. The van der Waals surface area contributed by atoms with Gasteiger partial charge in [-0.3, -0.25) is 0 Å². The highest BCUT2D eigenvalue weighted by Crippen LogP contribution is 2.25. The van der Waals surface area contributed by atoms with Crippen LogP contribution in [0.15, 0.2) is 88.1 Å². The van der Waals surface area contributed by atoms with Crippen molar-refractivity contribution in [1.82, 2.24) is 0 Å². The molecular weight excluding hydrogens is 366 g/mol. The van der Waals surface area contributed by atoms with E-state index in [0.717, 1.165) is 28.9 Å². The van der Waals surface area contributed by atoms with Crippen molar-refractivity contribution in [2.24, 2.45) is 0 Å². The van der Waals surface area contributed by atoms with Gasteiger partial charge in [-0.1, -0.05) is 42.5 Å². The van der Waals surface area contributed by atoms with Gasteiger partial charge in [0.25, 0.3) is 0 Å². The molecule has 5 heteroatoms. The maximum absolute atomic E-state index is 12.0. The highest BCUT2D eigenvalue weighted by Gasteiger charge is 2.11. The Morgan fingerprint density at radius 3 is 2.45 bits per heavy atom. The normalized spacial score (nSPS) is 10.8. The average molecular weight is 385 g/mol. The van der Waals surface area contributed by atoms with Gasteiger partial charge in [0.05, 0.1) is 5.39 Å². The zero-order valence-electron chi connectivity index (χ0n) is 15.8. The van der Waals surface area contributed by atoms with Crippen LogP contribution in [0.2, 0.25) is 0 Å². The van der Waals surface area contributed by atoms with Crippen LogP contribution in [-0.4, -0.2) is 18.1 Å². The van der Waals surface area contributed by atoms with Gasteiger partial charge in [-0.05, 0) is 58.5 Å². The molecule has 0 saturated carbocycles. The number of carbonyl (C=O) groups is 1. The minimum Gasteiger partial charge on any atom is -0.475 e. The number of nitrogens with zero attached hydrogens (tertiary/aromatic N) is 1. The largest absolute Gasteiger partial charge is 0.475 e. The summed E-state index contributed by atoms with van der Waals surface area (Å²) in [6.45, 7) is 0.748. The Balaban J connectivity index is 1.68. The molecule has 29 heavy (non-hydrogen) atoms. The zero-order chi connectivity index (χ0) is 20.4. The van der Waals surface area contributed by atoms with E-state index < -0.39 is 11.6 Å². The van der Waals surface area contributed by atoms with E-state index in [1.165, 1.54) is 6.07 Å². The van der Waals surface area contributed by atoms with Gasteiger partial charge >= 0.3 is 11.6 Å². The first-order valence-electron chi connectivity index (χ1n) is 9.18. The summed E-state index contributed by atoms with van der Waals surface area (Å²) in [6, 6.07) is 25.0. The standard InChI is InChI=1S/C24H19NO4/c1-25(20-8-3-2-4-9-20)15-16-6-5-7-17(12-16)18-10-11-21-19(13-18)14-22(23(26)27)29-24(21)28/h2-14H,15H2,1H3,(H,26,27). The lowest BCUT2D eigenvalue weighted by molar-refractivity contribution is 0.0658. The smallest absolute Gasteiger partial charge is 0.371 e. The van der Waals surface area contributed by atoms with Crippen molar-refractivity contribution in [2.45, 2.75) is 6.54 Å². The first-order valence-corrected chi connectivity index (χ1v) is 9.18. The molecular formula is C24H19NO4. The molecule has 0 radical (unpaired) electrons. The molecule has 144 valence electrons. The van der Waals surface area contributed by atoms with Crippen molar-refractivity contribution in [3.63, 3.8) is 0 Å². The molecule has 0 amide bonds. The molecule has 0 spiro atoms. The summed E-state index contributed by atoms with van der Waals surface area (Å²) in [7, 11) is 2.05. The molecule has 1 heterocycles. The number of rotatable bonds is 5. The Morgan fingerprint density at radius 2 is 1.69 bits per heavy atom. The van der Waals surface area contributed by atoms with Gasteiger partial charge < -0.3 is 14.4 Å². The highest BCUT2D eigenvalue weighted by atomic mass is 16.4. The molecule has 1 N–H and O–H groups in total. The van der Waals surface area contributed by atoms with E-state index in [1.54, 1.807) is 6.07 Å². The molecule has 0 bridgehead atoms. The lowest BCUT2D eigenvalue weighted by Gasteiger charge is -2.19. The molecule has 3 aromatic carbocycles. The van der Waals surface area contributed by atoms with Gasteiger partial charge in [-0.2, -0.15) is 0 Å². The van der Waals surface area contributed by atoms with Crippen molar-refractivity contribution in [3.05, 3.63) is 101 Å². The quantitative estimate of drug-likeness (QED) is 0.535. The molecule has 0 saturated heterocycles. The summed E-state index contributed by atoms with van der Waals surface area (Å²) >= 11 is 0. The van der Waals surface area contributed by atoms with Crippen LogP contribution >= 0.6 is 0 Å². The third-order valence-corrected chi connectivity index (χ3v) is 4.85. The minimum atomic E-state index is -1.26. The zero-order valence-corrected chi connectivity index (χ0v) is 15.8. The number of hydrogen-bond acceptors (Lipinski definition) is 4. The molecule has 1 aromatic heterocycles. The number of aromatic carboxylic acids is 1. The topological polar surface area (TPSA) is 70.8 Å². The summed E-state index contributed by atoms with van der Waals surface area (Å²) in [5.41, 5.74) is 3.54. The molecule has 0 aliphatic carbocycles. The second-order valence-corrected chi connectivity index (χ2v) is 6.90. The molecule has 0 fully saturated rings. The average Bonchev–Trinajstić information content (AvgIpc) is 2.74. The number of para-hydroxylation sites is 1. The van der Waals surface area contributed by atoms with Crippen molar-refractivity contribution in [2.75, 3.05) is 11.9 Å². The van der Waals surface area contributed by atoms with Crippen LogP contribution in [0.3, 0.4) is 0 Å². The summed E-state index contributed by atoms with van der Waals surface area (Å²) in [5.74, 6) is -1.63. The number of hydrogen-bond donors (Lipinski definition) is 1. The van der Waals surface area contributed by atoms with Crippen LogP contribution < -0.4 is 10.5 Å². The van der Waals surface area contributed by atoms with Crippen LogP contribution in [0.1, 0.15) is 16.1 Å². The lowest BCUT2D eigenvalue weighted by atomic mass is 10.00. The van der Waals surface area contributed by atoms with Crippen LogP contribution in [-0.2, 0) is 6.54 Å². The van der Waals surface area contributed by atoms with Crippen molar-refractivity contribution in [3.8, 4) is 11.1 Å². The van der Waals surface area contributed by atoms with Crippen molar-refractivity contribution in [1.29, 1.82) is 0 Å². The monoisotopic (exact) mass is 385 g/mol. The van der Waals surface area contributed by atoms with Crippen LogP contribution in [0.5, 0.6) is 0 Å². The Hall–Kier alpha value is -3.86. The Labute approximate surface area is 167 Å². The second kappa shape index (κ2) is 7.64. The third-order valence-electron chi connectivity index (χ3n) is 4.85. The number of anilines is 1. The predicted molar refractivity (Wildman–Crippen MR) is 113 cm³/mol. The number of benzene rings is 3. The Bertz CT molecular complexity index is 1240. The van der Waals surface area contributed by atoms with E-state index in [0.29, 0.717) is 10.8 Å². The SMILES string of the molecule is CN(Cc1cccc(-c2ccc3c(=O)oc(C(=O)O)cc3c2)c1)c1ccccc1. The van der Waals surface area contributed by atoms with Gasteiger partial charge in [-0.25, -0.2) is 9.59 Å². The first-order chi connectivity index (χ1) is 14.0. The van der Waals surface area contributed by atoms with Gasteiger partial charge in [0, 0.05) is 19.3 Å². The Morgan fingerprint density at radius 1 is 0.931 bits per heavy atom. The summed E-state index contributed by atoms with van der Waals surface area (Å²) < 4.78 is 4.84. The van der Waals surface area contributed by atoms with E-state index in [1.807, 2.05) is 49.5 Å². The van der Waals surface area contributed by atoms with Crippen molar-refractivity contribution < 1.29 is 14.3 Å². The molecule has 0 atom stereocenters. The molecule has 5 nitrogen and oxygen atoms in total. The van der Waals surface area contributed by atoms with Gasteiger partial charge in [0.2, 0.25) is 5.76 Å². The van der Waals surface area contributed by atoms with E-state index in [9.17, 15) is 9.59 Å². The van der Waals surface area contributed by atoms with E-state index >= 15 is 0 Å². The fraction of sp³-hybridized carbons (Fsp3) is 0.0833. The lowest BCUT2D eigenvalue weighted by Crippen LogP contribution is -2.16. The summed E-state index contributed by atoms with van der Waals surface area (Å²) in [4.78, 5) is 25.4. The highest BCUT2D eigenvalue weighted by molar-refractivity contribution is 5.92. The predicted octanol–water partition coefficient (Wildman–Crippen LogP) is 4.79.